The van der Waals surface area contributed by atoms with E-state index in [4.69, 9.17) is 0 Å². The maximum absolute atomic E-state index is 4.43. The number of pyridine rings is 3. The Balaban J connectivity index is 1.75. The molecule has 0 unspecified atom stereocenters. The molecule has 22 heavy (non-hydrogen) atoms. The summed E-state index contributed by atoms with van der Waals surface area (Å²) in [6, 6.07) is 18.1. The second-order valence-corrected chi connectivity index (χ2v) is 19.5. The van der Waals surface area contributed by atoms with Crippen LogP contribution in [0.25, 0.3) is 0 Å². The quantitative estimate of drug-likeness (QED) is 0.561. The van der Waals surface area contributed by atoms with E-state index in [9.17, 15) is 0 Å². The van der Waals surface area contributed by atoms with Crippen molar-refractivity contribution >= 4 is 41.3 Å². The molecule has 0 radical (unpaired) electrons. The first-order chi connectivity index (χ1) is 10.9. The summed E-state index contributed by atoms with van der Waals surface area (Å²) < 4.78 is 0. The molecule has 3 rings (SSSR count). The van der Waals surface area contributed by atoms with Crippen molar-refractivity contribution in [3.8, 4) is 0 Å². The fourth-order valence-electron chi connectivity index (χ4n) is 1.49. The molecule has 0 atom stereocenters. The molecule has 0 aliphatic heterocycles. The van der Waals surface area contributed by atoms with Gasteiger partial charge < -0.3 is 0 Å². The fourth-order valence-corrected chi connectivity index (χ4v) is 17.3. The van der Waals surface area contributed by atoms with Crippen LogP contribution in [0.5, 0.6) is 0 Å². The zero-order valence-electron chi connectivity index (χ0n) is 11.4. The van der Waals surface area contributed by atoms with Gasteiger partial charge >= 0.3 is 144 Å². The van der Waals surface area contributed by atoms with Gasteiger partial charge in [0.15, 0.2) is 0 Å². The van der Waals surface area contributed by atoms with Crippen LogP contribution in [0.15, 0.2) is 88.3 Å². The molecule has 0 saturated heterocycles. The van der Waals surface area contributed by atoms with Crippen molar-refractivity contribution in [3.63, 3.8) is 0 Å². The maximum atomic E-state index is 4.43. The molecule has 0 fully saturated rings. The van der Waals surface area contributed by atoms with Gasteiger partial charge in [-0.25, -0.2) is 0 Å². The third kappa shape index (κ3) is 5.06. The molecule has 0 bridgehead atoms. The van der Waals surface area contributed by atoms with Gasteiger partial charge in [0, 0.05) is 0 Å². The van der Waals surface area contributed by atoms with Crippen molar-refractivity contribution in [1.29, 1.82) is 0 Å². The Labute approximate surface area is 144 Å². The molecule has 0 amide bonds. The van der Waals surface area contributed by atoms with Gasteiger partial charge in [-0.2, -0.15) is 0 Å². The van der Waals surface area contributed by atoms with Crippen LogP contribution in [-0.2, 0) is 0 Å². The fraction of sp³-hybridized carbons (Fsp3) is 0. The summed E-state index contributed by atoms with van der Waals surface area (Å²) in [5, 5.41) is 3.19. The van der Waals surface area contributed by atoms with Crippen molar-refractivity contribution in [2.24, 2.45) is 0 Å². The van der Waals surface area contributed by atoms with Crippen LogP contribution in [0.4, 0.5) is 0 Å². The second kappa shape index (κ2) is 8.63. The molecular weight excluding hydrogens is 393 g/mol. The Hall–Kier alpha value is -0.942. The molecule has 0 saturated carbocycles. The molecule has 110 valence electrons. The van der Waals surface area contributed by atoms with Crippen LogP contribution in [-0.4, -0.2) is 26.1 Å². The standard InChI is InChI=1S/C15H12AsN3S3/c1-4-10-17-13(7-1)20-16(21-14-8-2-5-11-18-14)22-15-9-3-6-12-19-15/h1-12H. The molecular formula is C15H12AsN3S3. The van der Waals surface area contributed by atoms with Crippen LogP contribution in [0.2, 0.25) is 0 Å². The van der Waals surface area contributed by atoms with E-state index in [1.807, 2.05) is 85.1 Å². The first-order valence-corrected chi connectivity index (χ1v) is 15.7. The third-order valence-corrected chi connectivity index (χ3v) is 17.5. The van der Waals surface area contributed by atoms with E-state index in [1.54, 1.807) is 0 Å². The SMILES string of the molecule is c1ccc(S[As](Sc2ccccn2)Sc2ccccn2)nc1. The average molecular weight is 405 g/mol. The minimum absolute atomic E-state index is 1.06. The summed E-state index contributed by atoms with van der Waals surface area (Å²) in [5.41, 5.74) is 0. The normalized spacial score (nSPS) is 10.8. The van der Waals surface area contributed by atoms with Gasteiger partial charge in [0.05, 0.1) is 0 Å². The summed E-state index contributed by atoms with van der Waals surface area (Å²) in [5.74, 6) is 0. The molecule has 3 nitrogen and oxygen atoms in total. The third-order valence-electron chi connectivity index (χ3n) is 2.42. The predicted molar refractivity (Wildman–Crippen MR) is 96.0 cm³/mol. The van der Waals surface area contributed by atoms with Crippen LogP contribution < -0.4 is 0 Å². The Morgan fingerprint density at radius 1 is 0.545 bits per heavy atom. The molecule has 0 aromatic carbocycles. The Morgan fingerprint density at radius 2 is 0.909 bits per heavy atom. The molecule has 0 N–H and O–H groups in total. The van der Waals surface area contributed by atoms with E-state index in [1.165, 1.54) is 0 Å². The topological polar surface area (TPSA) is 38.7 Å². The number of nitrogens with zero attached hydrogens (tertiary/aromatic N) is 3. The van der Waals surface area contributed by atoms with E-state index >= 15 is 0 Å². The van der Waals surface area contributed by atoms with E-state index in [0.29, 0.717) is 0 Å². The van der Waals surface area contributed by atoms with Gasteiger partial charge in [-0.05, 0) is 0 Å². The summed E-state index contributed by atoms with van der Waals surface area (Å²) >= 11 is -1.43. The van der Waals surface area contributed by atoms with Crippen molar-refractivity contribution in [3.05, 3.63) is 73.2 Å². The van der Waals surface area contributed by atoms with Gasteiger partial charge in [0.25, 0.3) is 0 Å². The Morgan fingerprint density at radius 3 is 1.18 bits per heavy atom. The van der Waals surface area contributed by atoms with Gasteiger partial charge in [0.2, 0.25) is 0 Å². The Bertz CT molecular complexity index is 588. The van der Waals surface area contributed by atoms with Crippen molar-refractivity contribution in [1.82, 2.24) is 15.0 Å². The number of hydrogen-bond donors (Lipinski definition) is 0. The summed E-state index contributed by atoms with van der Waals surface area (Å²) in [4.78, 5) is 13.3. The van der Waals surface area contributed by atoms with Gasteiger partial charge in [-0.3, -0.25) is 0 Å². The van der Waals surface area contributed by atoms with Crippen molar-refractivity contribution in [2.45, 2.75) is 15.1 Å². The summed E-state index contributed by atoms with van der Waals surface area (Å²) in [6.45, 7) is 0. The first kappa shape index (κ1) is 15.9. The summed E-state index contributed by atoms with van der Waals surface area (Å²) in [6.07, 6.45) is 5.52. The number of hydrogen-bond acceptors (Lipinski definition) is 6. The predicted octanol–water partition coefficient (Wildman–Crippen LogP) is 4.53. The molecule has 0 spiro atoms. The molecule has 3 aromatic heterocycles. The number of aromatic nitrogens is 3. The molecule has 0 aliphatic rings. The van der Waals surface area contributed by atoms with Crippen LogP contribution >= 0.6 is 30.1 Å². The number of rotatable bonds is 6. The van der Waals surface area contributed by atoms with Crippen LogP contribution in [0, 0.1) is 0 Å². The summed E-state index contributed by atoms with van der Waals surface area (Å²) in [7, 11) is 5.58. The Kier molecular flexibility index (Phi) is 6.25. The van der Waals surface area contributed by atoms with Gasteiger partial charge in [-0.15, -0.1) is 0 Å². The molecule has 7 heteroatoms. The van der Waals surface area contributed by atoms with E-state index < -0.39 is 11.2 Å². The molecule has 3 aromatic rings. The monoisotopic (exact) mass is 405 g/mol. The zero-order valence-corrected chi connectivity index (χ0v) is 15.8. The first-order valence-electron chi connectivity index (χ1n) is 6.47. The van der Waals surface area contributed by atoms with E-state index in [2.05, 4.69) is 33.2 Å². The molecule has 0 aliphatic carbocycles. The van der Waals surface area contributed by atoms with Crippen molar-refractivity contribution in [2.75, 3.05) is 0 Å². The van der Waals surface area contributed by atoms with Crippen LogP contribution in [0.3, 0.4) is 0 Å². The average Bonchev–Trinajstić information content (AvgIpc) is 2.57. The second-order valence-electron chi connectivity index (χ2n) is 4.00. The van der Waals surface area contributed by atoms with Gasteiger partial charge in [-0.1, -0.05) is 0 Å². The van der Waals surface area contributed by atoms with Crippen LogP contribution in [0.1, 0.15) is 0 Å². The van der Waals surface area contributed by atoms with E-state index in [0.717, 1.165) is 15.1 Å². The van der Waals surface area contributed by atoms with E-state index in [-0.39, 0.29) is 0 Å². The molecule has 3 heterocycles. The van der Waals surface area contributed by atoms with Gasteiger partial charge in [0.1, 0.15) is 0 Å². The zero-order chi connectivity index (χ0) is 15.0. The minimum atomic E-state index is -1.43. The van der Waals surface area contributed by atoms with Crippen molar-refractivity contribution < 1.29 is 0 Å².